The van der Waals surface area contributed by atoms with Crippen molar-refractivity contribution in [2.24, 2.45) is 5.41 Å². The molecule has 0 aliphatic heterocycles. The summed E-state index contributed by atoms with van der Waals surface area (Å²) in [4.78, 5) is 0. The lowest BCUT2D eigenvalue weighted by molar-refractivity contribution is 0.390. The lowest BCUT2D eigenvalue weighted by atomic mass is 9.92. The normalized spacial score (nSPS) is 11.6. The standard InChI is InChI=1S/C13H21ClN2/c1-9-7-11(15)10(14)8-12(9)16-6-5-13(2,3)4/h7-8,16H,5-6,15H2,1-4H3. The Hall–Kier alpha value is -0.890. The van der Waals surface area contributed by atoms with Crippen LogP contribution >= 0.6 is 11.6 Å². The number of rotatable bonds is 3. The first-order chi connectivity index (χ1) is 7.29. The minimum Gasteiger partial charge on any atom is -0.398 e. The molecule has 1 rings (SSSR count). The lowest BCUT2D eigenvalue weighted by Crippen LogP contribution is -2.13. The van der Waals surface area contributed by atoms with Crippen LogP contribution in [0.25, 0.3) is 0 Å². The molecule has 3 heteroatoms. The van der Waals surface area contributed by atoms with Gasteiger partial charge in [0, 0.05) is 12.2 Å². The van der Waals surface area contributed by atoms with Gasteiger partial charge in [-0.15, -0.1) is 0 Å². The van der Waals surface area contributed by atoms with Gasteiger partial charge in [-0.3, -0.25) is 0 Å². The molecule has 0 amide bonds. The minimum atomic E-state index is 0.346. The van der Waals surface area contributed by atoms with Gasteiger partial charge in [0.1, 0.15) is 0 Å². The Morgan fingerprint density at radius 3 is 2.50 bits per heavy atom. The van der Waals surface area contributed by atoms with E-state index in [2.05, 4.69) is 26.1 Å². The van der Waals surface area contributed by atoms with E-state index in [-0.39, 0.29) is 0 Å². The van der Waals surface area contributed by atoms with Gasteiger partial charge in [-0.2, -0.15) is 0 Å². The number of benzene rings is 1. The number of hydrogen-bond donors (Lipinski definition) is 2. The van der Waals surface area contributed by atoms with E-state index < -0.39 is 0 Å². The maximum absolute atomic E-state index is 5.99. The Bertz CT molecular complexity index is 367. The third kappa shape index (κ3) is 3.93. The molecule has 0 atom stereocenters. The second-order valence-corrected chi connectivity index (χ2v) is 5.83. The molecular weight excluding hydrogens is 220 g/mol. The molecule has 1 aromatic rings. The molecule has 0 saturated carbocycles. The molecule has 0 aliphatic rings. The summed E-state index contributed by atoms with van der Waals surface area (Å²) in [5.41, 5.74) is 8.92. The van der Waals surface area contributed by atoms with Gasteiger partial charge in [-0.05, 0) is 36.5 Å². The highest BCUT2D eigenvalue weighted by atomic mass is 35.5. The second kappa shape index (κ2) is 4.96. The van der Waals surface area contributed by atoms with Gasteiger partial charge in [-0.1, -0.05) is 32.4 Å². The molecule has 0 aliphatic carbocycles. The quantitative estimate of drug-likeness (QED) is 0.782. The summed E-state index contributed by atoms with van der Waals surface area (Å²) in [5.74, 6) is 0. The zero-order valence-electron chi connectivity index (χ0n) is 10.5. The first-order valence-electron chi connectivity index (χ1n) is 5.59. The fourth-order valence-electron chi connectivity index (χ4n) is 1.47. The Morgan fingerprint density at radius 1 is 1.31 bits per heavy atom. The highest BCUT2D eigenvalue weighted by Crippen LogP contribution is 2.27. The van der Waals surface area contributed by atoms with E-state index in [4.69, 9.17) is 17.3 Å². The van der Waals surface area contributed by atoms with Crippen molar-refractivity contribution in [3.8, 4) is 0 Å². The Morgan fingerprint density at radius 2 is 1.94 bits per heavy atom. The fraction of sp³-hybridized carbons (Fsp3) is 0.538. The zero-order chi connectivity index (χ0) is 12.3. The van der Waals surface area contributed by atoms with Crippen LogP contribution in [-0.2, 0) is 0 Å². The van der Waals surface area contributed by atoms with E-state index in [0.717, 1.165) is 24.2 Å². The van der Waals surface area contributed by atoms with Crippen LogP contribution in [0.1, 0.15) is 32.8 Å². The van der Waals surface area contributed by atoms with Crippen molar-refractivity contribution < 1.29 is 0 Å². The van der Waals surface area contributed by atoms with Crippen molar-refractivity contribution in [3.63, 3.8) is 0 Å². The van der Waals surface area contributed by atoms with Gasteiger partial charge in [0.15, 0.2) is 0 Å². The third-order valence-electron chi connectivity index (χ3n) is 2.53. The Kier molecular flexibility index (Phi) is 4.09. The second-order valence-electron chi connectivity index (χ2n) is 5.43. The van der Waals surface area contributed by atoms with E-state index in [0.29, 0.717) is 16.1 Å². The van der Waals surface area contributed by atoms with Gasteiger partial charge in [0.25, 0.3) is 0 Å². The summed E-state index contributed by atoms with van der Waals surface area (Å²) in [6, 6.07) is 3.80. The molecule has 0 radical (unpaired) electrons. The topological polar surface area (TPSA) is 38.0 Å². The molecule has 0 spiro atoms. The molecule has 2 nitrogen and oxygen atoms in total. The van der Waals surface area contributed by atoms with E-state index in [1.54, 1.807) is 0 Å². The summed E-state index contributed by atoms with van der Waals surface area (Å²) in [6.45, 7) is 9.68. The molecule has 0 unspecified atom stereocenters. The summed E-state index contributed by atoms with van der Waals surface area (Å²) in [7, 11) is 0. The average molecular weight is 241 g/mol. The van der Waals surface area contributed by atoms with Crippen molar-refractivity contribution in [3.05, 3.63) is 22.7 Å². The van der Waals surface area contributed by atoms with Crippen molar-refractivity contribution in [2.75, 3.05) is 17.6 Å². The van der Waals surface area contributed by atoms with Crippen LogP contribution in [0.5, 0.6) is 0 Å². The molecule has 16 heavy (non-hydrogen) atoms. The SMILES string of the molecule is Cc1cc(N)c(Cl)cc1NCCC(C)(C)C. The summed E-state index contributed by atoms with van der Waals surface area (Å²) in [6.07, 6.45) is 1.12. The smallest absolute Gasteiger partial charge is 0.0656 e. The summed E-state index contributed by atoms with van der Waals surface area (Å²) < 4.78 is 0. The monoisotopic (exact) mass is 240 g/mol. The molecular formula is C13H21ClN2. The van der Waals surface area contributed by atoms with Crippen LogP contribution in [0.15, 0.2) is 12.1 Å². The van der Waals surface area contributed by atoms with E-state index in [1.165, 1.54) is 0 Å². The molecule has 0 bridgehead atoms. The number of hydrogen-bond acceptors (Lipinski definition) is 2. The van der Waals surface area contributed by atoms with Crippen molar-refractivity contribution in [1.29, 1.82) is 0 Å². The number of halogens is 1. The Balaban J connectivity index is 2.64. The fourth-order valence-corrected chi connectivity index (χ4v) is 1.63. The van der Waals surface area contributed by atoms with Gasteiger partial charge in [0.05, 0.1) is 10.7 Å². The van der Waals surface area contributed by atoms with Crippen molar-refractivity contribution in [2.45, 2.75) is 34.1 Å². The summed E-state index contributed by atoms with van der Waals surface area (Å²) >= 11 is 5.99. The van der Waals surface area contributed by atoms with Crippen LogP contribution in [0.2, 0.25) is 5.02 Å². The number of aryl methyl sites for hydroxylation is 1. The largest absolute Gasteiger partial charge is 0.398 e. The Labute approximate surface area is 103 Å². The lowest BCUT2D eigenvalue weighted by Gasteiger charge is -2.19. The molecule has 1 aromatic carbocycles. The van der Waals surface area contributed by atoms with Crippen LogP contribution < -0.4 is 11.1 Å². The van der Waals surface area contributed by atoms with Crippen LogP contribution in [0, 0.1) is 12.3 Å². The number of nitrogen functional groups attached to an aromatic ring is 1. The average Bonchev–Trinajstić information content (AvgIpc) is 2.11. The van der Waals surface area contributed by atoms with Crippen LogP contribution in [-0.4, -0.2) is 6.54 Å². The molecule has 0 aromatic heterocycles. The van der Waals surface area contributed by atoms with Gasteiger partial charge in [0.2, 0.25) is 0 Å². The minimum absolute atomic E-state index is 0.346. The highest BCUT2D eigenvalue weighted by molar-refractivity contribution is 6.33. The van der Waals surface area contributed by atoms with Crippen molar-refractivity contribution in [1.82, 2.24) is 0 Å². The van der Waals surface area contributed by atoms with Crippen LogP contribution in [0.3, 0.4) is 0 Å². The summed E-state index contributed by atoms with van der Waals surface area (Å²) in [5, 5.41) is 4.01. The molecule has 3 N–H and O–H groups in total. The zero-order valence-corrected chi connectivity index (χ0v) is 11.3. The highest BCUT2D eigenvalue weighted by Gasteiger charge is 2.10. The van der Waals surface area contributed by atoms with Gasteiger partial charge < -0.3 is 11.1 Å². The number of nitrogens with one attached hydrogen (secondary N) is 1. The third-order valence-corrected chi connectivity index (χ3v) is 2.86. The number of nitrogens with two attached hydrogens (primary N) is 1. The molecule has 0 fully saturated rings. The molecule has 90 valence electrons. The maximum Gasteiger partial charge on any atom is 0.0656 e. The first kappa shape index (κ1) is 13.2. The number of anilines is 2. The van der Waals surface area contributed by atoms with Gasteiger partial charge in [-0.25, -0.2) is 0 Å². The van der Waals surface area contributed by atoms with E-state index in [9.17, 15) is 0 Å². The van der Waals surface area contributed by atoms with Crippen LogP contribution in [0.4, 0.5) is 11.4 Å². The van der Waals surface area contributed by atoms with E-state index >= 15 is 0 Å². The predicted octanol–water partition coefficient (Wildman–Crippen LogP) is 4.08. The molecule has 0 heterocycles. The van der Waals surface area contributed by atoms with Gasteiger partial charge >= 0.3 is 0 Å². The predicted molar refractivity (Wildman–Crippen MR) is 73.2 cm³/mol. The van der Waals surface area contributed by atoms with E-state index in [1.807, 2.05) is 19.1 Å². The van der Waals surface area contributed by atoms with Crippen molar-refractivity contribution >= 4 is 23.0 Å². The maximum atomic E-state index is 5.99. The molecule has 0 saturated heterocycles. The first-order valence-corrected chi connectivity index (χ1v) is 5.97.